The van der Waals surface area contributed by atoms with E-state index in [1.165, 1.54) is 6.07 Å². The lowest BCUT2D eigenvalue weighted by Crippen LogP contribution is -2.29. The Labute approximate surface area is 178 Å². The fourth-order valence-electron chi connectivity index (χ4n) is 4.24. The number of hydrogen-bond donors (Lipinski definition) is 2. The van der Waals surface area contributed by atoms with Crippen molar-refractivity contribution in [2.75, 3.05) is 30.4 Å². The lowest BCUT2D eigenvalue weighted by Gasteiger charge is -2.19. The van der Waals surface area contributed by atoms with Crippen LogP contribution in [0.15, 0.2) is 30.5 Å². The van der Waals surface area contributed by atoms with Gasteiger partial charge in [0.05, 0.1) is 15.9 Å². The first kappa shape index (κ1) is 19.1. The third-order valence-corrected chi connectivity index (χ3v) is 6.09. The molecule has 2 aromatic carbocycles. The van der Waals surface area contributed by atoms with Crippen LogP contribution < -0.4 is 15.5 Å². The molecule has 5 rings (SSSR count). The molecule has 1 aliphatic rings. The molecule has 156 valence electrons. The number of halogens is 2. The summed E-state index contributed by atoms with van der Waals surface area (Å²) in [7, 11) is 5.66. The van der Waals surface area contributed by atoms with E-state index in [1.54, 1.807) is 22.6 Å². The van der Waals surface area contributed by atoms with E-state index in [0.717, 1.165) is 41.5 Å². The molecule has 1 atom stereocenters. The van der Waals surface area contributed by atoms with Gasteiger partial charge in [-0.25, -0.2) is 4.39 Å². The predicted molar refractivity (Wildman–Crippen MR) is 119 cm³/mol. The van der Waals surface area contributed by atoms with Gasteiger partial charge in [-0.1, -0.05) is 11.6 Å². The molecule has 30 heavy (non-hydrogen) atoms. The number of hydrogen-bond acceptors (Lipinski definition) is 5. The number of aromatic nitrogens is 4. The molecule has 4 aromatic rings. The minimum atomic E-state index is -0.377. The zero-order chi connectivity index (χ0) is 21.0. The van der Waals surface area contributed by atoms with Crippen LogP contribution in [0.5, 0.6) is 0 Å². The van der Waals surface area contributed by atoms with Gasteiger partial charge in [0.1, 0.15) is 5.52 Å². The van der Waals surface area contributed by atoms with Gasteiger partial charge in [0.25, 0.3) is 0 Å². The molecule has 7 nitrogen and oxygen atoms in total. The molecule has 0 unspecified atom stereocenters. The van der Waals surface area contributed by atoms with Gasteiger partial charge >= 0.3 is 0 Å². The van der Waals surface area contributed by atoms with Gasteiger partial charge in [0.2, 0.25) is 0 Å². The van der Waals surface area contributed by atoms with Crippen LogP contribution in [0.4, 0.5) is 21.6 Å². The van der Waals surface area contributed by atoms with Gasteiger partial charge in [0, 0.05) is 56.2 Å². The van der Waals surface area contributed by atoms with Crippen molar-refractivity contribution < 1.29 is 4.39 Å². The minimum absolute atomic E-state index is 0.349. The van der Waals surface area contributed by atoms with Crippen molar-refractivity contribution in [3.63, 3.8) is 0 Å². The minimum Gasteiger partial charge on any atom is -0.370 e. The van der Waals surface area contributed by atoms with Crippen molar-refractivity contribution in [1.29, 1.82) is 0 Å². The molecular weight excluding hydrogens is 405 g/mol. The normalized spacial score (nSPS) is 16.8. The molecular formula is C21H23ClFN7. The maximum absolute atomic E-state index is 14.5. The molecule has 0 spiro atoms. The Hall–Kier alpha value is -2.84. The van der Waals surface area contributed by atoms with Crippen LogP contribution in [0.3, 0.4) is 0 Å². The van der Waals surface area contributed by atoms with Crippen molar-refractivity contribution >= 4 is 50.6 Å². The number of aryl methyl sites for hydroxylation is 2. The van der Waals surface area contributed by atoms with E-state index in [2.05, 4.69) is 31.8 Å². The van der Waals surface area contributed by atoms with Gasteiger partial charge in [-0.15, -0.1) is 0 Å². The largest absolute Gasteiger partial charge is 0.370 e. The lowest BCUT2D eigenvalue weighted by molar-refractivity contribution is 0.617. The van der Waals surface area contributed by atoms with E-state index in [9.17, 15) is 4.39 Å². The second-order valence-corrected chi connectivity index (χ2v) is 8.25. The summed E-state index contributed by atoms with van der Waals surface area (Å²) in [6, 6.07) is 7.87. The smallest absolute Gasteiger partial charge is 0.161 e. The second-order valence-electron chi connectivity index (χ2n) is 7.84. The second kappa shape index (κ2) is 7.14. The van der Waals surface area contributed by atoms with Gasteiger partial charge in [-0.05, 0) is 37.7 Å². The number of fused-ring (bicyclic) bond motifs is 2. The number of rotatable bonds is 4. The Bertz CT molecular complexity index is 1260. The molecule has 9 heteroatoms. The summed E-state index contributed by atoms with van der Waals surface area (Å²) in [6.45, 7) is 1.94. The van der Waals surface area contributed by atoms with Gasteiger partial charge in [-0.2, -0.15) is 10.2 Å². The van der Waals surface area contributed by atoms with Crippen LogP contribution in [0.25, 0.3) is 21.8 Å². The number of nitrogens with one attached hydrogen (secondary N) is 2. The number of likely N-dealkylation sites (N-methyl/N-ethyl adjacent to an activating group) is 1. The van der Waals surface area contributed by atoms with E-state index in [-0.39, 0.29) is 5.82 Å². The number of anilines is 3. The molecule has 0 radical (unpaired) electrons. The standard InChI is InChI=1S/C21H23ClFN7/c1-24-13-4-5-30(11-13)15-8-16(22)19-18(9-15)29(3)27-21(19)25-14-6-12-10-28(2)26-20(12)17(23)7-14/h6-10,13,24H,4-5,11H2,1-3H3,(H,25,27)/t13-/m0/s1. The molecule has 0 amide bonds. The Morgan fingerprint density at radius 3 is 2.77 bits per heavy atom. The summed E-state index contributed by atoms with van der Waals surface area (Å²) in [5, 5.41) is 17.5. The molecule has 0 aliphatic carbocycles. The van der Waals surface area contributed by atoms with Crippen LogP contribution in [0, 0.1) is 5.82 Å². The molecule has 3 heterocycles. The van der Waals surface area contributed by atoms with Crippen molar-refractivity contribution in [3.05, 3.63) is 41.3 Å². The van der Waals surface area contributed by atoms with Crippen molar-refractivity contribution in [2.45, 2.75) is 12.5 Å². The third-order valence-electron chi connectivity index (χ3n) is 5.79. The van der Waals surface area contributed by atoms with E-state index in [4.69, 9.17) is 11.6 Å². The summed E-state index contributed by atoms with van der Waals surface area (Å²) in [5.41, 5.74) is 2.96. The fraction of sp³-hybridized carbons (Fsp3) is 0.333. The van der Waals surface area contributed by atoms with Crippen LogP contribution in [-0.4, -0.2) is 45.7 Å². The highest BCUT2D eigenvalue weighted by Gasteiger charge is 2.23. The molecule has 1 aliphatic heterocycles. The summed E-state index contributed by atoms with van der Waals surface area (Å²) < 4.78 is 17.9. The van der Waals surface area contributed by atoms with Crippen molar-refractivity contribution in [2.24, 2.45) is 14.1 Å². The summed E-state index contributed by atoms with van der Waals surface area (Å²) in [6.07, 6.45) is 2.89. The first-order chi connectivity index (χ1) is 14.4. The Morgan fingerprint density at radius 1 is 1.17 bits per heavy atom. The van der Waals surface area contributed by atoms with E-state index >= 15 is 0 Å². The topological polar surface area (TPSA) is 62.9 Å². The maximum atomic E-state index is 14.5. The first-order valence-electron chi connectivity index (χ1n) is 9.91. The maximum Gasteiger partial charge on any atom is 0.161 e. The first-order valence-corrected chi connectivity index (χ1v) is 10.3. The van der Waals surface area contributed by atoms with Crippen LogP contribution in [0.1, 0.15) is 6.42 Å². The zero-order valence-electron chi connectivity index (χ0n) is 17.1. The fourth-order valence-corrected chi connectivity index (χ4v) is 4.54. The average Bonchev–Trinajstić information content (AvgIpc) is 3.39. The van der Waals surface area contributed by atoms with Gasteiger partial charge < -0.3 is 15.5 Å². The van der Waals surface area contributed by atoms with Crippen molar-refractivity contribution in [3.8, 4) is 0 Å². The molecule has 2 N–H and O–H groups in total. The number of benzene rings is 2. The van der Waals surface area contributed by atoms with Crippen LogP contribution in [-0.2, 0) is 14.1 Å². The van der Waals surface area contributed by atoms with Crippen LogP contribution >= 0.6 is 11.6 Å². The molecule has 0 saturated carbocycles. The molecule has 1 saturated heterocycles. The highest BCUT2D eigenvalue weighted by molar-refractivity contribution is 6.37. The summed E-state index contributed by atoms with van der Waals surface area (Å²) in [4.78, 5) is 2.33. The molecule has 2 aromatic heterocycles. The monoisotopic (exact) mass is 427 g/mol. The highest BCUT2D eigenvalue weighted by Crippen LogP contribution is 2.37. The Morgan fingerprint density at radius 2 is 2.00 bits per heavy atom. The molecule has 1 fully saturated rings. The van der Waals surface area contributed by atoms with Gasteiger partial charge in [0.15, 0.2) is 11.6 Å². The number of nitrogens with zero attached hydrogens (tertiary/aromatic N) is 5. The summed E-state index contributed by atoms with van der Waals surface area (Å²) in [5.74, 6) is 0.221. The van der Waals surface area contributed by atoms with Gasteiger partial charge in [-0.3, -0.25) is 9.36 Å². The summed E-state index contributed by atoms with van der Waals surface area (Å²) >= 11 is 6.70. The lowest BCUT2D eigenvalue weighted by atomic mass is 10.2. The average molecular weight is 428 g/mol. The SMILES string of the molecule is CN[C@H]1CCN(c2cc(Cl)c3c(Nc4cc(F)c5nn(C)cc5c4)nn(C)c3c2)C1. The quantitative estimate of drug-likeness (QED) is 0.518. The molecule has 0 bridgehead atoms. The predicted octanol–water partition coefficient (Wildman–Crippen LogP) is 3.79. The van der Waals surface area contributed by atoms with Crippen molar-refractivity contribution in [1.82, 2.24) is 24.9 Å². The van der Waals surface area contributed by atoms with Crippen LogP contribution in [0.2, 0.25) is 5.02 Å². The zero-order valence-corrected chi connectivity index (χ0v) is 17.8. The highest BCUT2D eigenvalue weighted by atomic mass is 35.5. The van der Waals surface area contributed by atoms with E-state index < -0.39 is 0 Å². The van der Waals surface area contributed by atoms with E-state index in [1.807, 2.05) is 26.2 Å². The Balaban J connectivity index is 1.53. The third kappa shape index (κ3) is 3.16. The Kier molecular flexibility index (Phi) is 4.56. The van der Waals surface area contributed by atoms with E-state index in [0.29, 0.717) is 28.1 Å².